The molecule has 0 fully saturated rings. The Kier molecular flexibility index (Phi) is 3.35. The highest BCUT2D eigenvalue weighted by Gasteiger charge is 2.19. The number of amidine groups is 1. The van der Waals surface area contributed by atoms with Crippen molar-refractivity contribution in [1.82, 2.24) is 16.1 Å². The molecule has 0 saturated carbocycles. The monoisotopic (exact) mass is 220 g/mol. The van der Waals surface area contributed by atoms with Gasteiger partial charge in [0.1, 0.15) is 0 Å². The SMILES string of the molecule is NCC(N)CN1NNN=C1c1ccccc1. The molecular formula is C10H16N6. The van der Waals surface area contributed by atoms with Gasteiger partial charge in [-0.15, -0.1) is 10.6 Å². The lowest BCUT2D eigenvalue weighted by atomic mass is 10.2. The van der Waals surface area contributed by atoms with Crippen LogP contribution in [0.3, 0.4) is 0 Å². The Hall–Kier alpha value is -1.63. The van der Waals surface area contributed by atoms with E-state index in [0.29, 0.717) is 13.1 Å². The summed E-state index contributed by atoms with van der Waals surface area (Å²) in [5.74, 6) is 0.824. The van der Waals surface area contributed by atoms with E-state index in [1.165, 1.54) is 0 Å². The summed E-state index contributed by atoms with van der Waals surface area (Å²) in [5.41, 5.74) is 18.0. The zero-order valence-corrected chi connectivity index (χ0v) is 8.93. The highest BCUT2D eigenvalue weighted by molar-refractivity contribution is 5.98. The van der Waals surface area contributed by atoms with Gasteiger partial charge in [0.05, 0.1) is 6.54 Å². The van der Waals surface area contributed by atoms with Gasteiger partial charge in [-0.2, -0.15) is 0 Å². The number of nitrogens with one attached hydrogen (secondary N) is 2. The minimum Gasteiger partial charge on any atom is -0.329 e. The lowest BCUT2D eigenvalue weighted by Gasteiger charge is -2.21. The molecule has 1 unspecified atom stereocenters. The van der Waals surface area contributed by atoms with E-state index in [-0.39, 0.29) is 6.04 Å². The topological polar surface area (TPSA) is 91.7 Å². The number of benzene rings is 1. The third-order valence-corrected chi connectivity index (χ3v) is 2.35. The normalized spacial score (nSPS) is 16.9. The van der Waals surface area contributed by atoms with Gasteiger partial charge in [-0.05, 0) is 0 Å². The molecule has 6 nitrogen and oxygen atoms in total. The molecule has 0 spiro atoms. The molecule has 0 aliphatic carbocycles. The molecule has 0 amide bonds. The Morgan fingerprint density at radius 1 is 1.31 bits per heavy atom. The van der Waals surface area contributed by atoms with Crippen LogP contribution >= 0.6 is 0 Å². The fourth-order valence-electron chi connectivity index (χ4n) is 1.50. The third-order valence-electron chi connectivity index (χ3n) is 2.35. The summed E-state index contributed by atoms with van der Waals surface area (Å²) in [5, 5.41) is 6.01. The third kappa shape index (κ3) is 2.30. The number of hydrogen-bond donors (Lipinski definition) is 4. The van der Waals surface area contributed by atoms with Gasteiger partial charge in [-0.1, -0.05) is 30.3 Å². The molecule has 6 N–H and O–H groups in total. The van der Waals surface area contributed by atoms with Crippen molar-refractivity contribution in [3.63, 3.8) is 0 Å². The van der Waals surface area contributed by atoms with Crippen molar-refractivity contribution in [3.8, 4) is 0 Å². The predicted molar refractivity (Wildman–Crippen MR) is 63.0 cm³/mol. The number of nitrogens with zero attached hydrogens (tertiary/aromatic N) is 2. The minimum absolute atomic E-state index is 0.0821. The Balaban J connectivity index is 2.09. The fourth-order valence-corrected chi connectivity index (χ4v) is 1.50. The van der Waals surface area contributed by atoms with Crippen LogP contribution in [-0.4, -0.2) is 30.0 Å². The van der Waals surface area contributed by atoms with E-state index >= 15 is 0 Å². The molecule has 1 aliphatic rings. The number of rotatable bonds is 4. The highest BCUT2D eigenvalue weighted by Crippen LogP contribution is 2.06. The molecule has 2 rings (SSSR count). The zero-order chi connectivity index (χ0) is 11.4. The van der Waals surface area contributed by atoms with Crippen molar-refractivity contribution in [2.75, 3.05) is 13.1 Å². The van der Waals surface area contributed by atoms with Crippen LogP contribution in [0.4, 0.5) is 0 Å². The van der Waals surface area contributed by atoms with E-state index < -0.39 is 0 Å². The second kappa shape index (κ2) is 4.93. The summed E-state index contributed by atoms with van der Waals surface area (Å²) in [7, 11) is 0. The molecule has 1 aliphatic heterocycles. The lowest BCUT2D eigenvalue weighted by molar-refractivity contribution is 0.279. The van der Waals surface area contributed by atoms with Crippen molar-refractivity contribution in [2.45, 2.75) is 6.04 Å². The summed E-state index contributed by atoms with van der Waals surface area (Å²) in [6.07, 6.45) is 0. The van der Waals surface area contributed by atoms with E-state index in [2.05, 4.69) is 16.2 Å². The average Bonchev–Trinajstić information content (AvgIpc) is 2.78. The molecule has 16 heavy (non-hydrogen) atoms. The maximum atomic E-state index is 5.80. The smallest absolute Gasteiger partial charge is 0.173 e. The molecule has 0 saturated heterocycles. The van der Waals surface area contributed by atoms with Crippen LogP contribution in [0.2, 0.25) is 0 Å². The van der Waals surface area contributed by atoms with Crippen LogP contribution in [0, 0.1) is 0 Å². The summed E-state index contributed by atoms with van der Waals surface area (Å²) in [4.78, 5) is 0. The second-order valence-corrected chi connectivity index (χ2v) is 3.63. The van der Waals surface area contributed by atoms with Crippen LogP contribution in [0.15, 0.2) is 35.4 Å². The first-order valence-electron chi connectivity index (χ1n) is 5.18. The van der Waals surface area contributed by atoms with Crippen LogP contribution in [-0.2, 0) is 0 Å². The Bertz CT molecular complexity index is 363. The molecular weight excluding hydrogens is 204 g/mol. The molecule has 1 aromatic rings. The summed E-state index contributed by atoms with van der Waals surface area (Å²) >= 11 is 0. The number of hydrogen-bond acceptors (Lipinski definition) is 6. The van der Waals surface area contributed by atoms with E-state index in [0.717, 1.165) is 11.4 Å². The number of nitrogens with two attached hydrogens (primary N) is 2. The van der Waals surface area contributed by atoms with Crippen LogP contribution in [0.25, 0.3) is 0 Å². The van der Waals surface area contributed by atoms with Gasteiger partial charge in [-0.25, -0.2) is 5.53 Å². The molecule has 0 aromatic heterocycles. The maximum Gasteiger partial charge on any atom is 0.173 e. The molecule has 1 heterocycles. The molecule has 86 valence electrons. The van der Waals surface area contributed by atoms with Crippen molar-refractivity contribution in [3.05, 3.63) is 35.9 Å². The lowest BCUT2D eigenvalue weighted by Crippen LogP contribution is -2.49. The Morgan fingerprint density at radius 3 is 2.75 bits per heavy atom. The van der Waals surface area contributed by atoms with Crippen molar-refractivity contribution in [2.24, 2.45) is 16.6 Å². The standard InChI is InChI=1S/C10H16N6/c11-6-9(12)7-16-10(13-14-15-16)8-4-2-1-3-5-8/h1-5,9,14-15H,6-7,11-12H2. The molecule has 6 heteroatoms. The highest BCUT2D eigenvalue weighted by atomic mass is 15.8. The van der Waals surface area contributed by atoms with Crippen molar-refractivity contribution < 1.29 is 0 Å². The van der Waals surface area contributed by atoms with Crippen LogP contribution in [0.1, 0.15) is 5.56 Å². The first-order chi connectivity index (χ1) is 7.81. The first-order valence-corrected chi connectivity index (χ1v) is 5.18. The number of hydrazone groups is 1. The van der Waals surface area contributed by atoms with Crippen LogP contribution in [0.5, 0.6) is 0 Å². The summed E-state index contributed by atoms with van der Waals surface area (Å²) in [6, 6.07) is 9.81. The largest absolute Gasteiger partial charge is 0.329 e. The molecule has 0 radical (unpaired) electrons. The predicted octanol–water partition coefficient (Wildman–Crippen LogP) is -1.04. The Morgan fingerprint density at radius 2 is 2.06 bits per heavy atom. The van der Waals surface area contributed by atoms with Crippen molar-refractivity contribution >= 4 is 5.84 Å². The van der Waals surface area contributed by atoms with Gasteiger partial charge >= 0.3 is 0 Å². The van der Waals surface area contributed by atoms with Gasteiger partial charge < -0.3 is 11.5 Å². The van der Waals surface area contributed by atoms with Gasteiger partial charge in [0.25, 0.3) is 0 Å². The number of hydrazine groups is 2. The zero-order valence-electron chi connectivity index (χ0n) is 8.93. The maximum absolute atomic E-state index is 5.80. The quantitative estimate of drug-likeness (QED) is 0.520. The molecule has 1 atom stereocenters. The van der Waals surface area contributed by atoms with Crippen molar-refractivity contribution in [1.29, 1.82) is 0 Å². The van der Waals surface area contributed by atoms with Gasteiger partial charge in [0.15, 0.2) is 5.84 Å². The van der Waals surface area contributed by atoms with E-state index in [1.54, 1.807) is 0 Å². The van der Waals surface area contributed by atoms with Gasteiger partial charge in [-0.3, -0.25) is 5.01 Å². The van der Waals surface area contributed by atoms with Crippen LogP contribution < -0.4 is 22.5 Å². The van der Waals surface area contributed by atoms with Gasteiger partial charge in [0, 0.05) is 18.2 Å². The summed E-state index contributed by atoms with van der Waals surface area (Å²) < 4.78 is 0. The summed E-state index contributed by atoms with van der Waals surface area (Å²) in [6.45, 7) is 1.05. The van der Waals surface area contributed by atoms with E-state index in [9.17, 15) is 0 Å². The molecule has 1 aromatic carbocycles. The second-order valence-electron chi connectivity index (χ2n) is 3.63. The van der Waals surface area contributed by atoms with E-state index in [1.807, 2.05) is 35.3 Å². The van der Waals surface area contributed by atoms with E-state index in [4.69, 9.17) is 11.5 Å². The fraction of sp³-hybridized carbons (Fsp3) is 0.300. The molecule has 0 bridgehead atoms. The minimum atomic E-state index is -0.0821. The Labute approximate surface area is 94.2 Å². The average molecular weight is 220 g/mol. The first kappa shape index (κ1) is 10.9. The van der Waals surface area contributed by atoms with Gasteiger partial charge in [0.2, 0.25) is 0 Å².